The molecule has 0 saturated carbocycles. The van der Waals surface area contributed by atoms with Gasteiger partial charge in [-0.1, -0.05) is 86.0 Å². The Hall–Kier alpha value is -4.07. The molecule has 1 N–H and O–H groups in total. The monoisotopic (exact) mass is 543 g/mol. The van der Waals surface area contributed by atoms with Crippen LogP contribution in [0.2, 0.25) is 5.02 Å². The van der Waals surface area contributed by atoms with Crippen LogP contribution >= 0.6 is 11.6 Å². The molecule has 200 valence electrons. The van der Waals surface area contributed by atoms with E-state index in [1.165, 1.54) is 0 Å². The summed E-state index contributed by atoms with van der Waals surface area (Å²) < 4.78 is 5.99. The van der Waals surface area contributed by atoms with Gasteiger partial charge in [-0.15, -0.1) is 0 Å². The molecule has 1 heterocycles. The van der Waals surface area contributed by atoms with Crippen LogP contribution in [0.5, 0.6) is 5.75 Å². The lowest BCUT2D eigenvalue weighted by Gasteiger charge is -2.28. The Balaban J connectivity index is 1.44. The molecule has 7 nitrogen and oxygen atoms in total. The maximum Gasteiger partial charge on any atom is 0.349 e. The molecule has 0 radical (unpaired) electrons. The Morgan fingerprint density at radius 2 is 1.67 bits per heavy atom. The van der Waals surface area contributed by atoms with E-state index in [0.29, 0.717) is 27.7 Å². The summed E-state index contributed by atoms with van der Waals surface area (Å²) in [7, 11) is 1.89. The molecular formula is C31H30ClN3O4. The number of hydrogen-bond acceptors (Lipinski definition) is 4. The predicted octanol–water partition coefficient (Wildman–Crippen LogP) is 7.51. The highest BCUT2D eigenvalue weighted by Gasteiger charge is 2.44. The Bertz CT molecular complexity index is 1490. The number of halogens is 1. The van der Waals surface area contributed by atoms with Crippen molar-refractivity contribution in [3.8, 4) is 5.75 Å². The van der Waals surface area contributed by atoms with E-state index in [9.17, 15) is 14.7 Å². The van der Waals surface area contributed by atoms with Gasteiger partial charge >= 0.3 is 12.0 Å². The van der Waals surface area contributed by atoms with E-state index in [1.54, 1.807) is 46.3 Å². The fourth-order valence-corrected chi connectivity index (χ4v) is 5.31. The van der Waals surface area contributed by atoms with Gasteiger partial charge in [-0.25, -0.2) is 14.6 Å². The molecule has 2 atom stereocenters. The lowest BCUT2D eigenvalue weighted by Crippen LogP contribution is -2.40. The number of fused-ring (bicyclic) bond motifs is 1. The number of carbonyl (C=O) groups is 2. The molecule has 39 heavy (non-hydrogen) atoms. The number of amides is 2. The van der Waals surface area contributed by atoms with Crippen LogP contribution in [0.15, 0.2) is 91.0 Å². The van der Waals surface area contributed by atoms with E-state index < -0.39 is 12.1 Å². The van der Waals surface area contributed by atoms with Crippen molar-refractivity contribution in [2.24, 2.45) is 0 Å². The topological polar surface area (TPSA) is 73.3 Å². The van der Waals surface area contributed by atoms with Crippen LogP contribution in [-0.2, 0) is 4.79 Å². The number of nitrogens with zero attached hydrogens (tertiary/aromatic N) is 3. The van der Waals surface area contributed by atoms with Crippen molar-refractivity contribution in [2.75, 3.05) is 17.0 Å². The predicted molar refractivity (Wildman–Crippen MR) is 154 cm³/mol. The van der Waals surface area contributed by atoms with Crippen molar-refractivity contribution < 1.29 is 19.4 Å². The molecule has 0 aromatic heterocycles. The number of anilines is 2. The van der Waals surface area contributed by atoms with E-state index in [2.05, 4.69) is 6.92 Å². The first-order chi connectivity index (χ1) is 18.9. The Morgan fingerprint density at radius 3 is 2.38 bits per heavy atom. The zero-order chi connectivity index (χ0) is 27.5. The highest BCUT2D eigenvalue weighted by atomic mass is 35.5. The number of carboxylic acid groups (broad SMARTS) is 1. The second-order valence-electron chi connectivity index (χ2n) is 9.51. The van der Waals surface area contributed by atoms with Gasteiger partial charge < -0.3 is 9.84 Å². The molecule has 1 saturated heterocycles. The van der Waals surface area contributed by atoms with Gasteiger partial charge in [0.25, 0.3) is 0 Å². The molecule has 2 unspecified atom stereocenters. The average Bonchev–Trinajstić information content (AvgIpc) is 3.19. The van der Waals surface area contributed by atoms with Crippen molar-refractivity contribution >= 4 is 45.7 Å². The fraction of sp³-hybridized carbons (Fsp3) is 0.226. The van der Waals surface area contributed by atoms with Crippen molar-refractivity contribution in [3.05, 3.63) is 102 Å². The summed E-state index contributed by atoms with van der Waals surface area (Å²) in [5.41, 5.74) is 1.89. The Morgan fingerprint density at radius 1 is 0.974 bits per heavy atom. The van der Waals surface area contributed by atoms with Crippen LogP contribution in [0.3, 0.4) is 0 Å². The van der Waals surface area contributed by atoms with E-state index in [4.69, 9.17) is 16.3 Å². The number of rotatable bonds is 9. The lowest BCUT2D eigenvalue weighted by atomic mass is 10.0. The minimum Gasteiger partial charge on any atom is -0.478 e. The molecule has 5 rings (SSSR count). The molecule has 8 heteroatoms. The summed E-state index contributed by atoms with van der Waals surface area (Å²) >= 11 is 6.46. The van der Waals surface area contributed by atoms with Crippen molar-refractivity contribution in [2.45, 2.75) is 38.5 Å². The number of ether oxygens (including phenoxy) is 1. The average molecular weight is 544 g/mol. The molecule has 0 bridgehead atoms. The van der Waals surface area contributed by atoms with E-state index in [-0.39, 0.29) is 12.2 Å². The molecule has 0 spiro atoms. The molecule has 1 fully saturated rings. The largest absolute Gasteiger partial charge is 0.478 e. The molecule has 2 amide bonds. The second kappa shape index (κ2) is 11.4. The zero-order valence-electron chi connectivity index (χ0n) is 21.8. The number of unbranched alkanes of at least 4 members (excludes halogenated alkanes) is 1. The molecule has 4 aromatic carbocycles. The third kappa shape index (κ3) is 5.15. The number of hydrazine groups is 1. The normalized spacial score (nSPS) is 16.6. The van der Waals surface area contributed by atoms with Crippen LogP contribution in [0.25, 0.3) is 10.8 Å². The van der Waals surface area contributed by atoms with Gasteiger partial charge in [-0.2, -0.15) is 5.01 Å². The van der Waals surface area contributed by atoms with Crippen molar-refractivity contribution in [1.82, 2.24) is 5.01 Å². The number of hydrogen-bond donors (Lipinski definition) is 1. The number of benzene rings is 4. The fourth-order valence-electron chi connectivity index (χ4n) is 5.09. The van der Waals surface area contributed by atoms with Crippen LogP contribution in [0.4, 0.5) is 16.2 Å². The van der Waals surface area contributed by atoms with Gasteiger partial charge in [0.1, 0.15) is 11.9 Å². The first-order valence-electron chi connectivity index (χ1n) is 13.0. The molecule has 1 aliphatic heterocycles. The van der Waals surface area contributed by atoms with Crippen LogP contribution in [0, 0.1) is 0 Å². The van der Waals surface area contributed by atoms with Crippen molar-refractivity contribution in [1.29, 1.82) is 0 Å². The quantitative estimate of drug-likeness (QED) is 0.236. The highest BCUT2D eigenvalue weighted by Crippen LogP contribution is 2.37. The van der Waals surface area contributed by atoms with Crippen LogP contribution in [-0.4, -0.2) is 35.3 Å². The van der Waals surface area contributed by atoms with Gasteiger partial charge in [0.05, 0.1) is 10.7 Å². The first-order valence-corrected chi connectivity index (χ1v) is 13.4. The zero-order valence-corrected chi connectivity index (χ0v) is 22.6. The third-order valence-corrected chi connectivity index (χ3v) is 7.35. The van der Waals surface area contributed by atoms with E-state index in [0.717, 1.165) is 30.0 Å². The Kier molecular flexibility index (Phi) is 7.72. The van der Waals surface area contributed by atoms with E-state index >= 15 is 0 Å². The van der Waals surface area contributed by atoms with E-state index in [1.807, 2.05) is 66.7 Å². The summed E-state index contributed by atoms with van der Waals surface area (Å²) in [6, 6.07) is 27.2. The number of carboxylic acids is 1. The lowest BCUT2D eigenvalue weighted by molar-refractivity contribution is -0.145. The van der Waals surface area contributed by atoms with Gasteiger partial charge in [0.2, 0.25) is 6.10 Å². The SMILES string of the molecule is CCCCC1N(c2ccc(OC(C(=O)O)c3cccc4ccccc34)cc2)C(=O)N(c2ccccc2Cl)N1C. The molecule has 4 aromatic rings. The van der Waals surface area contributed by atoms with Gasteiger partial charge in [-0.05, 0) is 53.6 Å². The molecule has 1 aliphatic rings. The number of aliphatic carboxylic acids is 1. The van der Waals surface area contributed by atoms with Gasteiger partial charge in [-0.3, -0.25) is 4.90 Å². The number of para-hydroxylation sites is 1. The smallest absolute Gasteiger partial charge is 0.349 e. The minimum absolute atomic E-state index is 0.206. The highest BCUT2D eigenvalue weighted by molar-refractivity contribution is 6.34. The number of carbonyl (C=O) groups excluding carboxylic acids is 1. The Labute approximate surface area is 232 Å². The summed E-state index contributed by atoms with van der Waals surface area (Å²) in [5, 5.41) is 15.8. The summed E-state index contributed by atoms with van der Waals surface area (Å²) in [4.78, 5) is 27.7. The minimum atomic E-state index is -1.19. The first kappa shape index (κ1) is 26.5. The maximum absolute atomic E-state index is 13.7. The summed E-state index contributed by atoms with van der Waals surface area (Å²) in [6.07, 6.45) is 1.33. The summed E-state index contributed by atoms with van der Waals surface area (Å²) in [5.74, 6) is -0.686. The molecule has 0 aliphatic carbocycles. The summed E-state index contributed by atoms with van der Waals surface area (Å²) in [6.45, 7) is 2.12. The number of urea groups is 1. The third-order valence-electron chi connectivity index (χ3n) is 7.03. The van der Waals surface area contributed by atoms with Gasteiger partial charge in [0.15, 0.2) is 0 Å². The van der Waals surface area contributed by atoms with Gasteiger partial charge in [0, 0.05) is 18.3 Å². The second-order valence-corrected chi connectivity index (χ2v) is 9.92. The van der Waals surface area contributed by atoms with Crippen LogP contribution in [0.1, 0.15) is 37.9 Å². The maximum atomic E-state index is 13.7. The van der Waals surface area contributed by atoms with Crippen molar-refractivity contribution in [3.63, 3.8) is 0 Å². The standard InChI is InChI=1S/C31H30ClN3O4/c1-3-4-16-28-33(2)35(27-15-8-7-14-26(27)32)31(38)34(28)22-17-19-23(20-18-22)39-29(30(36)37)25-13-9-11-21-10-5-6-12-24(21)25/h5-15,17-20,28-29H,3-4,16H2,1-2H3,(H,36,37). The van der Waals surface area contributed by atoms with Crippen LogP contribution < -0.4 is 14.6 Å². The molecular weight excluding hydrogens is 514 g/mol.